The number of amides is 2. The van der Waals surface area contributed by atoms with Gasteiger partial charge in [0.1, 0.15) is 5.75 Å². The van der Waals surface area contributed by atoms with Gasteiger partial charge in [0.25, 0.3) is 0 Å². The molecule has 2 fully saturated rings. The van der Waals surface area contributed by atoms with Crippen molar-refractivity contribution in [3.05, 3.63) is 59.7 Å². The number of nitrogens with zero attached hydrogens (tertiary/aromatic N) is 1. The average molecular weight is 408 g/mol. The molecule has 1 unspecified atom stereocenters. The molecule has 0 aliphatic carbocycles. The molecule has 2 amide bonds. The number of carbonyl (C=O) groups excluding carboxylic acids is 2. The summed E-state index contributed by atoms with van der Waals surface area (Å²) in [6.45, 7) is 3.62. The highest BCUT2D eigenvalue weighted by Gasteiger charge is 2.43. The summed E-state index contributed by atoms with van der Waals surface area (Å²) >= 11 is 0. The van der Waals surface area contributed by atoms with Crippen LogP contribution in [0.2, 0.25) is 0 Å². The largest absolute Gasteiger partial charge is 0.497 e. The highest BCUT2D eigenvalue weighted by atomic mass is 16.5. The van der Waals surface area contributed by atoms with E-state index >= 15 is 0 Å². The SMILES string of the molecule is COc1ccc(N2CC(NC(=O)C3(c4cccc(C)c4)CCOCC3)CC2=O)cc1. The summed E-state index contributed by atoms with van der Waals surface area (Å²) in [7, 11) is 1.61. The van der Waals surface area contributed by atoms with E-state index in [0.29, 0.717) is 39.0 Å². The Balaban J connectivity index is 1.51. The van der Waals surface area contributed by atoms with Crippen LogP contribution in [0.25, 0.3) is 0 Å². The first-order chi connectivity index (χ1) is 14.5. The molecule has 6 heteroatoms. The molecule has 2 aromatic rings. The number of ether oxygens (including phenoxy) is 2. The zero-order chi connectivity index (χ0) is 21.1. The minimum atomic E-state index is -0.610. The molecule has 2 aliphatic rings. The van der Waals surface area contributed by atoms with Crippen LogP contribution in [-0.4, -0.2) is 44.7 Å². The molecule has 0 aromatic heterocycles. The van der Waals surface area contributed by atoms with Crippen molar-refractivity contribution in [2.75, 3.05) is 31.8 Å². The van der Waals surface area contributed by atoms with Gasteiger partial charge in [-0.3, -0.25) is 9.59 Å². The van der Waals surface area contributed by atoms with Crippen LogP contribution >= 0.6 is 0 Å². The standard InChI is InChI=1S/C24H28N2O4/c1-17-4-3-5-18(14-17)24(10-12-30-13-11-24)23(28)25-19-15-22(27)26(16-19)20-6-8-21(29-2)9-7-20/h3-9,14,19H,10-13,15-16H2,1-2H3,(H,25,28). The summed E-state index contributed by atoms with van der Waals surface area (Å²) in [4.78, 5) is 27.9. The van der Waals surface area contributed by atoms with Gasteiger partial charge in [0, 0.05) is 31.9 Å². The van der Waals surface area contributed by atoms with E-state index in [4.69, 9.17) is 9.47 Å². The van der Waals surface area contributed by atoms with Crippen molar-refractivity contribution < 1.29 is 19.1 Å². The first kappa shape index (κ1) is 20.4. The first-order valence-corrected chi connectivity index (χ1v) is 10.4. The van der Waals surface area contributed by atoms with Gasteiger partial charge >= 0.3 is 0 Å². The molecular formula is C24H28N2O4. The third-order valence-electron chi connectivity index (χ3n) is 6.20. The minimum Gasteiger partial charge on any atom is -0.497 e. The van der Waals surface area contributed by atoms with Gasteiger partial charge in [-0.1, -0.05) is 29.8 Å². The second-order valence-electron chi connectivity index (χ2n) is 8.14. The number of benzene rings is 2. The second-order valence-corrected chi connectivity index (χ2v) is 8.14. The molecule has 2 heterocycles. The smallest absolute Gasteiger partial charge is 0.231 e. The Bertz CT molecular complexity index is 919. The maximum absolute atomic E-state index is 13.5. The lowest BCUT2D eigenvalue weighted by Crippen LogP contribution is -2.51. The van der Waals surface area contributed by atoms with Crippen LogP contribution in [0, 0.1) is 6.92 Å². The molecule has 0 radical (unpaired) electrons. The number of methoxy groups -OCH3 is 1. The van der Waals surface area contributed by atoms with E-state index in [1.165, 1.54) is 0 Å². The number of hydrogen-bond acceptors (Lipinski definition) is 4. The van der Waals surface area contributed by atoms with Gasteiger partial charge in [-0.25, -0.2) is 0 Å². The maximum Gasteiger partial charge on any atom is 0.231 e. The summed E-state index contributed by atoms with van der Waals surface area (Å²) in [5, 5.41) is 3.18. The molecule has 4 rings (SSSR count). The van der Waals surface area contributed by atoms with E-state index in [1.54, 1.807) is 12.0 Å². The van der Waals surface area contributed by atoms with Crippen molar-refractivity contribution in [1.82, 2.24) is 5.32 Å². The van der Waals surface area contributed by atoms with Crippen LogP contribution in [0.1, 0.15) is 30.4 Å². The van der Waals surface area contributed by atoms with Crippen LogP contribution in [0.15, 0.2) is 48.5 Å². The van der Waals surface area contributed by atoms with Crippen LogP contribution in [0.4, 0.5) is 5.69 Å². The van der Waals surface area contributed by atoms with Crippen molar-refractivity contribution in [2.24, 2.45) is 0 Å². The third-order valence-corrected chi connectivity index (χ3v) is 6.20. The fourth-order valence-electron chi connectivity index (χ4n) is 4.45. The number of carbonyl (C=O) groups is 2. The molecule has 2 aliphatic heterocycles. The lowest BCUT2D eigenvalue weighted by Gasteiger charge is -2.37. The highest BCUT2D eigenvalue weighted by molar-refractivity contribution is 5.97. The summed E-state index contributed by atoms with van der Waals surface area (Å²) in [5.74, 6) is 0.752. The Morgan fingerprint density at radius 3 is 2.57 bits per heavy atom. The van der Waals surface area contributed by atoms with Crippen LogP contribution in [-0.2, 0) is 19.7 Å². The maximum atomic E-state index is 13.5. The van der Waals surface area contributed by atoms with Gasteiger partial charge < -0.3 is 19.7 Å². The summed E-state index contributed by atoms with van der Waals surface area (Å²) < 4.78 is 10.7. The molecule has 0 spiro atoms. The zero-order valence-electron chi connectivity index (χ0n) is 17.5. The molecule has 158 valence electrons. The molecule has 0 saturated carbocycles. The molecule has 0 bridgehead atoms. The van der Waals surface area contributed by atoms with Gasteiger partial charge in [0.05, 0.1) is 18.6 Å². The topological polar surface area (TPSA) is 67.9 Å². The second kappa shape index (κ2) is 8.48. The number of rotatable bonds is 5. The predicted molar refractivity (Wildman–Crippen MR) is 115 cm³/mol. The molecule has 2 saturated heterocycles. The number of nitrogens with one attached hydrogen (secondary N) is 1. The third kappa shape index (κ3) is 3.92. The number of anilines is 1. The molecule has 6 nitrogen and oxygen atoms in total. The highest BCUT2D eigenvalue weighted by Crippen LogP contribution is 2.36. The van der Waals surface area contributed by atoms with E-state index in [2.05, 4.69) is 11.4 Å². The Hall–Kier alpha value is -2.86. The van der Waals surface area contributed by atoms with Gasteiger partial charge in [0.2, 0.25) is 11.8 Å². The number of hydrogen-bond donors (Lipinski definition) is 1. The van der Waals surface area contributed by atoms with Crippen LogP contribution < -0.4 is 15.0 Å². The van der Waals surface area contributed by atoms with E-state index in [9.17, 15) is 9.59 Å². The molecule has 2 aromatic carbocycles. The molecule has 30 heavy (non-hydrogen) atoms. The molecule has 1 N–H and O–H groups in total. The average Bonchev–Trinajstić information content (AvgIpc) is 3.14. The van der Waals surface area contributed by atoms with Gasteiger partial charge in [-0.15, -0.1) is 0 Å². The summed E-state index contributed by atoms with van der Waals surface area (Å²) in [6.07, 6.45) is 1.59. The van der Waals surface area contributed by atoms with Gasteiger partial charge in [-0.05, 0) is 49.6 Å². The summed E-state index contributed by atoms with van der Waals surface area (Å²) in [5.41, 5.74) is 2.37. The monoisotopic (exact) mass is 408 g/mol. The van der Waals surface area contributed by atoms with E-state index in [-0.39, 0.29) is 17.9 Å². The van der Waals surface area contributed by atoms with Crippen molar-refractivity contribution in [3.63, 3.8) is 0 Å². The predicted octanol–water partition coefficient (Wildman–Crippen LogP) is 2.97. The molecule has 1 atom stereocenters. The zero-order valence-corrected chi connectivity index (χ0v) is 17.5. The van der Waals surface area contributed by atoms with Gasteiger partial charge in [0.15, 0.2) is 0 Å². The Morgan fingerprint density at radius 1 is 1.17 bits per heavy atom. The normalized spacial score (nSPS) is 20.8. The lowest BCUT2D eigenvalue weighted by molar-refractivity contribution is -0.131. The van der Waals surface area contributed by atoms with Gasteiger partial charge in [-0.2, -0.15) is 0 Å². The fraction of sp³-hybridized carbons (Fsp3) is 0.417. The van der Waals surface area contributed by atoms with E-state index < -0.39 is 5.41 Å². The minimum absolute atomic E-state index is 0.00854. The number of aryl methyl sites for hydroxylation is 1. The van der Waals surface area contributed by atoms with E-state index in [0.717, 1.165) is 22.6 Å². The summed E-state index contributed by atoms with van der Waals surface area (Å²) in [6, 6.07) is 15.4. The van der Waals surface area contributed by atoms with Crippen molar-refractivity contribution in [1.29, 1.82) is 0 Å². The van der Waals surface area contributed by atoms with Crippen LogP contribution in [0.3, 0.4) is 0 Å². The van der Waals surface area contributed by atoms with Crippen LogP contribution in [0.5, 0.6) is 5.75 Å². The van der Waals surface area contributed by atoms with Crippen molar-refractivity contribution in [2.45, 2.75) is 37.6 Å². The Labute approximate surface area is 177 Å². The molecular weight excluding hydrogens is 380 g/mol. The first-order valence-electron chi connectivity index (χ1n) is 10.4. The Kier molecular flexibility index (Phi) is 5.77. The van der Waals surface area contributed by atoms with Crippen molar-refractivity contribution >= 4 is 17.5 Å². The fourth-order valence-corrected chi connectivity index (χ4v) is 4.45. The lowest BCUT2D eigenvalue weighted by atomic mass is 9.73. The quantitative estimate of drug-likeness (QED) is 0.826. The Morgan fingerprint density at radius 2 is 1.90 bits per heavy atom. The van der Waals surface area contributed by atoms with Crippen molar-refractivity contribution in [3.8, 4) is 5.75 Å². The van der Waals surface area contributed by atoms with E-state index in [1.807, 2.05) is 49.4 Å².